The van der Waals surface area contributed by atoms with Gasteiger partial charge in [0.05, 0.1) is 21.3 Å². The second-order valence-corrected chi connectivity index (χ2v) is 9.51. The molecule has 0 unspecified atom stereocenters. The van der Waals surface area contributed by atoms with Crippen LogP contribution in [0.2, 0.25) is 0 Å². The molecule has 0 atom stereocenters. The summed E-state index contributed by atoms with van der Waals surface area (Å²) in [6.45, 7) is 3.54. The first kappa shape index (κ1) is 21.3. The second kappa shape index (κ2) is 9.14. The maximum Gasteiger partial charge on any atom is 0.335 e. The number of aromatic nitrogens is 1. The summed E-state index contributed by atoms with van der Waals surface area (Å²) in [6.07, 6.45) is 4.45. The third-order valence-electron chi connectivity index (χ3n) is 6.01. The van der Waals surface area contributed by atoms with Gasteiger partial charge >= 0.3 is 5.97 Å². The predicted octanol–water partition coefficient (Wildman–Crippen LogP) is 7.08. The van der Waals surface area contributed by atoms with Gasteiger partial charge in [0.25, 0.3) is 0 Å². The van der Waals surface area contributed by atoms with Crippen molar-refractivity contribution in [2.45, 2.75) is 19.3 Å². The van der Waals surface area contributed by atoms with Crippen LogP contribution in [-0.2, 0) is 4.79 Å². The van der Waals surface area contributed by atoms with Gasteiger partial charge in [0.1, 0.15) is 11.8 Å². The molecule has 5 rings (SSSR count). The Morgan fingerprint density at radius 3 is 2.79 bits per heavy atom. The van der Waals surface area contributed by atoms with Gasteiger partial charge in [-0.15, -0.1) is 11.3 Å². The second-order valence-electron chi connectivity index (χ2n) is 7.88. The summed E-state index contributed by atoms with van der Waals surface area (Å²) >= 11 is 3.14. The molecule has 0 radical (unpaired) electrons. The van der Waals surface area contributed by atoms with Crippen molar-refractivity contribution >= 4 is 50.0 Å². The number of ether oxygens (including phenoxy) is 1. The number of rotatable bonds is 6. The van der Waals surface area contributed by atoms with E-state index in [0.29, 0.717) is 17.2 Å². The van der Waals surface area contributed by atoms with Crippen LogP contribution < -0.4 is 4.74 Å². The number of hydrogen-bond donors (Lipinski definition) is 0. The summed E-state index contributed by atoms with van der Waals surface area (Å²) in [4.78, 5) is 16.6. The van der Waals surface area contributed by atoms with E-state index in [1.807, 2.05) is 29.1 Å². The monoisotopic (exact) mass is 468 g/mol. The van der Waals surface area contributed by atoms with Crippen molar-refractivity contribution in [3.63, 3.8) is 0 Å². The highest BCUT2D eigenvalue weighted by atomic mass is 32.1. The maximum atomic E-state index is 12.1. The van der Waals surface area contributed by atoms with Crippen molar-refractivity contribution in [3.05, 3.63) is 93.6 Å². The van der Waals surface area contributed by atoms with E-state index in [4.69, 9.17) is 4.74 Å². The Kier molecular flexibility index (Phi) is 5.91. The number of esters is 1. The zero-order valence-electron chi connectivity index (χ0n) is 17.8. The number of benzene rings is 2. The van der Waals surface area contributed by atoms with Crippen molar-refractivity contribution in [3.8, 4) is 11.8 Å². The zero-order chi connectivity index (χ0) is 22.8. The highest BCUT2D eigenvalue weighted by Crippen LogP contribution is 2.48. The fourth-order valence-corrected chi connectivity index (χ4v) is 5.66. The van der Waals surface area contributed by atoms with Crippen LogP contribution in [0.15, 0.2) is 71.4 Å². The Morgan fingerprint density at radius 1 is 1.18 bits per heavy atom. The van der Waals surface area contributed by atoms with Crippen molar-refractivity contribution < 1.29 is 9.53 Å². The number of nitrogens with zero attached hydrogens (tertiary/aromatic N) is 2. The van der Waals surface area contributed by atoms with E-state index in [2.05, 4.69) is 41.2 Å². The van der Waals surface area contributed by atoms with Crippen LogP contribution in [0.25, 0.3) is 21.4 Å². The quantitative estimate of drug-likeness (QED) is 0.172. The van der Waals surface area contributed by atoms with E-state index in [1.165, 1.54) is 17.4 Å². The van der Waals surface area contributed by atoms with Crippen molar-refractivity contribution in [2.24, 2.45) is 5.92 Å². The molecule has 4 aromatic rings. The molecular weight excluding hydrogens is 448 g/mol. The van der Waals surface area contributed by atoms with Crippen LogP contribution in [0.1, 0.15) is 41.5 Å². The van der Waals surface area contributed by atoms with Crippen LogP contribution in [-0.4, -0.2) is 11.0 Å². The number of nitriles is 1. The molecule has 0 saturated heterocycles. The largest absolute Gasteiger partial charge is 0.423 e. The molecule has 2 aromatic carbocycles. The molecule has 2 heterocycles. The van der Waals surface area contributed by atoms with Gasteiger partial charge < -0.3 is 4.74 Å². The highest BCUT2D eigenvalue weighted by molar-refractivity contribution is 7.16. The molecule has 1 aliphatic carbocycles. The van der Waals surface area contributed by atoms with Crippen LogP contribution >= 0.6 is 22.7 Å². The fraction of sp³-hybridized carbons (Fsp3) is 0.148. The van der Waals surface area contributed by atoms with Crippen LogP contribution in [0.5, 0.6) is 5.75 Å². The predicted molar refractivity (Wildman–Crippen MR) is 134 cm³/mol. The summed E-state index contributed by atoms with van der Waals surface area (Å²) in [5, 5.41) is 13.8. The number of para-hydroxylation sites is 1. The lowest BCUT2D eigenvalue weighted by Gasteiger charge is -2.31. The smallest absolute Gasteiger partial charge is 0.335 e. The van der Waals surface area contributed by atoms with Gasteiger partial charge in [-0.1, -0.05) is 37.3 Å². The van der Waals surface area contributed by atoms with Gasteiger partial charge in [0, 0.05) is 22.6 Å². The molecule has 0 spiro atoms. The molecule has 33 heavy (non-hydrogen) atoms. The zero-order valence-corrected chi connectivity index (χ0v) is 19.4. The molecule has 1 aliphatic rings. The van der Waals surface area contributed by atoms with Crippen LogP contribution in [0.4, 0.5) is 0 Å². The van der Waals surface area contributed by atoms with Crippen molar-refractivity contribution in [1.82, 2.24) is 4.98 Å². The maximum absolute atomic E-state index is 12.1. The normalized spacial score (nSPS) is 14.3. The molecule has 162 valence electrons. The third-order valence-corrected chi connectivity index (χ3v) is 7.56. The molecule has 0 amide bonds. The summed E-state index contributed by atoms with van der Waals surface area (Å²) in [6, 6.07) is 16.2. The number of carbonyl (C=O) groups is 1. The van der Waals surface area contributed by atoms with E-state index in [1.54, 1.807) is 17.4 Å². The van der Waals surface area contributed by atoms with Gasteiger partial charge in [-0.25, -0.2) is 9.78 Å². The van der Waals surface area contributed by atoms with Crippen LogP contribution in [0, 0.1) is 17.2 Å². The fourth-order valence-electron chi connectivity index (χ4n) is 4.23. The van der Waals surface area contributed by atoms with E-state index < -0.39 is 5.97 Å². The molecule has 4 nitrogen and oxygen atoms in total. The minimum atomic E-state index is -0.504. The first-order valence-corrected chi connectivity index (χ1v) is 12.5. The lowest BCUT2D eigenvalue weighted by molar-refractivity contribution is -0.128. The van der Waals surface area contributed by atoms with E-state index in [0.717, 1.165) is 57.3 Å². The third kappa shape index (κ3) is 4.02. The molecule has 0 N–H and O–H groups in total. The Hall–Kier alpha value is -3.53. The molecule has 0 bridgehead atoms. The van der Waals surface area contributed by atoms with E-state index in [9.17, 15) is 10.1 Å². The average Bonchev–Trinajstić information content (AvgIpc) is 3.47. The average molecular weight is 469 g/mol. The van der Waals surface area contributed by atoms with Crippen molar-refractivity contribution in [2.75, 3.05) is 0 Å². The minimum absolute atomic E-state index is 0.330. The Bertz CT molecular complexity index is 1430. The number of fused-ring (bicyclic) bond motifs is 1. The summed E-state index contributed by atoms with van der Waals surface area (Å²) in [5.41, 5.74) is 8.34. The summed E-state index contributed by atoms with van der Waals surface area (Å²) in [7, 11) is 0. The molecule has 6 heteroatoms. The molecular formula is C27H20N2O2S2. The molecule has 0 aliphatic heterocycles. The number of allylic oxidation sites excluding steroid dienone is 1. The van der Waals surface area contributed by atoms with Gasteiger partial charge in [0.2, 0.25) is 0 Å². The van der Waals surface area contributed by atoms with Crippen LogP contribution in [0.3, 0.4) is 0 Å². The Balaban J connectivity index is 1.84. The standard InChI is InChI=1S/C27H20N2O2S2/c1-2-25(30)31-23-9-4-3-8-20(23)27(18-10-11-24-22(12-18)29-16-33-24)26(17-6-5-7-17)21-15-32-14-19(21)13-28/h2-4,8-12,14-17H,1,5-7H2/b27-26+. The van der Waals surface area contributed by atoms with E-state index >= 15 is 0 Å². The SMILES string of the molecule is C=CC(=O)Oc1ccccc1/C(=C(/c1cscc1C#N)C1CCC1)c1ccc2scnc2c1. The lowest BCUT2D eigenvalue weighted by atomic mass is 9.73. The van der Waals surface area contributed by atoms with Gasteiger partial charge in [-0.05, 0) is 59.0 Å². The summed E-state index contributed by atoms with van der Waals surface area (Å²) in [5.74, 6) is 0.299. The van der Waals surface area contributed by atoms with Gasteiger partial charge in [-0.2, -0.15) is 16.6 Å². The molecule has 2 aromatic heterocycles. The number of thiazole rings is 1. The summed E-state index contributed by atoms with van der Waals surface area (Å²) < 4.78 is 6.77. The molecule has 1 fully saturated rings. The first-order chi connectivity index (χ1) is 16.2. The number of thiophene rings is 1. The first-order valence-electron chi connectivity index (χ1n) is 10.7. The Morgan fingerprint density at radius 2 is 2.03 bits per heavy atom. The van der Waals surface area contributed by atoms with Crippen molar-refractivity contribution in [1.29, 1.82) is 5.26 Å². The van der Waals surface area contributed by atoms with E-state index in [-0.39, 0.29) is 0 Å². The molecule has 1 saturated carbocycles. The number of carbonyl (C=O) groups excluding carboxylic acids is 1. The highest BCUT2D eigenvalue weighted by Gasteiger charge is 2.30. The number of hydrogen-bond acceptors (Lipinski definition) is 6. The topological polar surface area (TPSA) is 63.0 Å². The van der Waals surface area contributed by atoms with Gasteiger partial charge in [-0.3, -0.25) is 0 Å². The Labute approximate surface area is 200 Å². The lowest BCUT2D eigenvalue weighted by Crippen LogP contribution is -2.16. The minimum Gasteiger partial charge on any atom is -0.423 e. The van der Waals surface area contributed by atoms with Gasteiger partial charge in [0.15, 0.2) is 0 Å².